The average Bonchev–Trinajstić information content (AvgIpc) is 2.88. The Morgan fingerprint density at radius 1 is 1.28 bits per heavy atom. The van der Waals surface area contributed by atoms with Gasteiger partial charge in [0.25, 0.3) is 5.22 Å². The SMILES string of the molecule is COc1ccc(-c2nnc(SCCCF)o2)cc1. The van der Waals surface area contributed by atoms with E-state index >= 15 is 0 Å². The predicted molar refractivity (Wildman–Crippen MR) is 67.6 cm³/mol. The third kappa shape index (κ3) is 3.22. The molecule has 6 heteroatoms. The smallest absolute Gasteiger partial charge is 0.276 e. The maximum Gasteiger partial charge on any atom is 0.276 e. The van der Waals surface area contributed by atoms with Gasteiger partial charge < -0.3 is 9.15 Å². The van der Waals surface area contributed by atoms with Gasteiger partial charge in [-0.3, -0.25) is 4.39 Å². The van der Waals surface area contributed by atoms with E-state index in [4.69, 9.17) is 9.15 Å². The molecule has 1 aromatic carbocycles. The number of aromatic nitrogens is 2. The Labute approximate surface area is 109 Å². The van der Waals surface area contributed by atoms with Gasteiger partial charge in [0.05, 0.1) is 13.8 Å². The van der Waals surface area contributed by atoms with Crippen molar-refractivity contribution in [2.45, 2.75) is 11.6 Å². The highest BCUT2D eigenvalue weighted by molar-refractivity contribution is 7.99. The second-order valence-electron chi connectivity index (χ2n) is 3.49. The van der Waals surface area contributed by atoms with Crippen LogP contribution < -0.4 is 4.74 Å². The van der Waals surface area contributed by atoms with Crippen LogP contribution in [0, 0.1) is 0 Å². The number of hydrogen-bond donors (Lipinski definition) is 0. The van der Waals surface area contributed by atoms with E-state index in [-0.39, 0.29) is 6.67 Å². The Bertz CT molecular complexity index is 487. The molecule has 0 aliphatic carbocycles. The molecule has 0 spiro atoms. The van der Waals surface area contributed by atoms with E-state index in [0.29, 0.717) is 23.3 Å². The van der Waals surface area contributed by atoms with Crippen LogP contribution >= 0.6 is 11.8 Å². The number of halogens is 1. The van der Waals surface area contributed by atoms with Gasteiger partial charge in [-0.2, -0.15) is 0 Å². The van der Waals surface area contributed by atoms with Crippen molar-refractivity contribution in [3.05, 3.63) is 24.3 Å². The highest BCUT2D eigenvalue weighted by Crippen LogP contribution is 2.24. The highest BCUT2D eigenvalue weighted by atomic mass is 32.2. The monoisotopic (exact) mass is 268 g/mol. The standard InChI is InChI=1S/C12H13FN2O2S/c1-16-10-5-3-9(4-6-10)11-14-15-12(17-11)18-8-2-7-13/h3-6H,2,7-8H2,1H3. The molecule has 0 amide bonds. The van der Waals surface area contributed by atoms with Crippen molar-refractivity contribution >= 4 is 11.8 Å². The Hall–Kier alpha value is -1.56. The molecule has 96 valence electrons. The fraction of sp³-hybridized carbons (Fsp3) is 0.333. The zero-order valence-corrected chi connectivity index (χ0v) is 10.7. The van der Waals surface area contributed by atoms with Crippen LogP contribution in [-0.4, -0.2) is 29.7 Å². The first-order valence-electron chi connectivity index (χ1n) is 5.50. The highest BCUT2D eigenvalue weighted by Gasteiger charge is 2.08. The number of benzene rings is 1. The lowest BCUT2D eigenvalue weighted by atomic mass is 10.2. The number of thioether (sulfide) groups is 1. The summed E-state index contributed by atoms with van der Waals surface area (Å²) in [5.41, 5.74) is 0.834. The van der Waals surface area contributed by atoms with Gasteiger partial charge in [0.15, 0.2) is 0 Å². The van der Waals surface area contributed by atoms with Crippen LogP contribution in [0.1, 0.15) is 6.42 Å². The van der Waals surface area contributed by atoms with Crippen molar-refractivity contribution < 1.29 is 13.5 Å². The van der Waals surface area contributed by atoms with E-state index < -0.39 is 0 Å². The van der Waals surface area contributed by atoms with Crippen molar-refractivity contribution in [1.82, 2.24) is 10.2 Å². The van der Waals surface area contributed by atoms with Crippen molar-refractivity contribution in [2.75, 3.05) is 19.5 Å². The molecular weight excluding hydrogens is 255 g/mol. The fourth-order valence-corrected chi connectivity index (χ4v) is 2.00. The molecule has 0 N–H and O–H groups in total. The molecule has 0 aliphatic heterocycles. The molecule has 0 atom stereocenters. The van der Waals surface area contributed by atoms with E-state index in [1.165, 1.54) is 11.8 Å². The summed E-state index contributed by atoms with van der Waals surface area (Å²) in [7, 11) is 1.61. The summed E-state index contributed by atoms with van der Waals surface area (Å²) in [6.45, 7) is -0.327. The third-order valence-corrected chi connectivity index (χ3v) is 3.15. The lowest BCUT2D eigenvalue weighted by Gasteiger charge is -1.99. The van der Waals surface area contributed by atoms with E-state index in [0.717, 1.165) is 11.3 Å². The van der Waals surface area contributed by atoms with Crippen LogP contribution in [0.2, 0.25) is 0 Å². The van der Waals surface area contributed by atoms with Gasteiger partial charge in [-0.15, -0.1) is 10.2 Å². The minimum absolute atomic E-state index is 0.327. The molecule has 0 aliphatic rings. The van der Waals surface area contributed by atoms with Crippen LogP contribution in [0.25, 0.3) is 11.5 Å². The molecule has 1 heterocycles. The van der Waals surface area contributed by atoms with Crippen molar-refractivity contribution in [2.24, 2.45) is 0 Å². The zero-order chi connectivity index (χ0) is 12.8. The summed E-state index contributed by atoms with van der Waals surface area (Å²) in [5.74, 6) is 1.87. The molecule has 0 fully saturated rings. The molecule has 18 heavy (non-hydrogen) atoms. The second kappa shape index (κ2) is 6.39. The number of hydrogen-bond acceptors (Lipinski definition) is 5. The van der Waals surface area contributed by atoms with Gasteiger partial charge in [0, 0.05) is 11.3 Å². The van der Waals surface area contributed by atoms with E-state index in [1.54, 1.807) is 7.11 Å². The van der Waals surface area contributed by atoms with E-state index in [2.05, 4.69) is 10.2 Å². The predicted octanol–water partition coefficient (Wildman–Crippen LogP) is 3.20. The average molecular weight is 268 g/mol. The quantitative estimate of drug-likeness (QED) is 0.594. The molecule has 0 radical (unpaired) electrons. The number of ether oxygens (including phenoxy) is 1. The van der Waals surface area contributed by atoms with Crippen LogP contribution in [0.3, 0.4) is 0 Å². The van der Waals surface area contributed by atoms with E-state index in [1.807, 2.05) is 24.3 Å². The number of nitrogens with zero attached hydrogens (tertiary/aromatic N) is 2. The minimum atomic E-state index is -0.327. The molecule has 2 aromatic rings. The van der Waals surface area contributed by atoms with Crippen LogP contribution in [0.4, 0.5) is 4.39 Å². The molecule has 0 saturated heterocycles. The van der Waals surface area contributed by atoms with Gasteiger partial charge in [0.1, 0.15) is 5.75 Å². The minimum Gasteiger partial charge on any atom is -0.497 e. The Morgan fingerprint density at radius 2 is 2.06 bits per heavy atom. The molecule has 4 nitrogen and oxygen atoms in total. The normalized spacial score (nSPS) is 10.6. The first-order chi connectivity index (χ1) is 8.83. The van der Waals surface area contributed by atoms with Gasteiger partial charge in [-0.25, -0.2) is 0 Å². The summed E-state index contributed by atoms with van der Waals surface area (Å²) < 4.78 is 22.5. The molecule has 1 aromatic heterocycles. The summed E-state index contributed by atoms with van der Waals surface area (Å²) >= 11 is 1.36. The van der Waals surface area contributed by atoms with Gasteiger partial charge in [0.2, 0.25) is 5.89 Å². The Balaban J connectivity index is 2.04. The molecule has 0 unspecified atom stereocenters. The number of methoxy groups -OCH3 is 1. The molecular formula is C12H13FN2O2S. The number of rotatable bonds is 6. The summed E-state index contributed by atoms with van der Waals surface area (Å²) in [5, 5.41) is 8.32. The van der Waals surface area contributed by atoms with Gasteiger partial charge in [-0.1, -0.05) is 11.8 Å². The molecule has 0 bridgehead atoms. The van der Waals surface area contributed by atoms with Crippen LogP contribution in [0.15, 0.2) is 33.9 Å². The maximum atomic E-state index is 11.9. The maximum absolute atomic E-state index is 11.9. The largest absolute Gasteiger partial charge is 0.497 e. The van der Waals surface area contributed by atoms with Gasteiger partial charge in [-0.05, 0) is 30.7 Å². The van der Waals surface area contributed by atoms with Gasteiger partial charge >= 0.3 is 0 Å². The number of alkyl halides is 1. The molecule has 0 saturated carbocycles. The summed E-state index contributed by atoms with van der Waals surface area (Å²) in [4.78, 5) is 0. The fourth-order valence-electron chi connectivity index (χ4n) is 1.33. The van der Waals surface area contributed by atoms with Crippen molar-refractivity contribution in [3.63, 3.8) is 0 Å². The summed E-state index contributed by atoms with van der Waals surface area (Å²) in [6.07, 6.45) is 0.491. The Morgan fingerprint density at radius 3 is 2.72 bits per heavy atom. The lowest BCUT2D eigenvalue weighted by molar-refractivity contribution is 0.414. The first kappa shape index (κ1) is 12.9. The zero-order valence-electron chi connectivity index (χ0n) is 9.93. The van der Waals surface area contributed by atoms with Crippen molar-refractivity contribution in [1.29, 1.82) is 0 Å². The first-order valence-corrected chi connectivity index (χ1v) is 6.48. The van der Waals surface area contributed by atoms with E-state index in [9.17, 15) is 4.39 Å². The lowest BCUT2D eigenvalue weighted by Crippen LogP contribution is -1.82. The van der Waals surface area contributed by atoms with Crippen LogP contribution in [0.5, 0.6) is 5.75 Å². The van der Waals surface area contributed by atoms with Crippen molar-refractivity contribution in [3.8, 4) is 17.2 Å². The van der Waals surface area contributed by atoms with Crippen LogP contribution in [-0.2, 0) is 0 Å². The molecule has 2 rings (SSSR count). The third-order valence-electron chi connectivity index (χ3n) is 2.25. The topological polar surface area (TPSA) is 48.2 Å². The Kier molecular flexibility index (Phi) is 4.58. The summed E-state index contributed by atoms with van der Waals surface area (Å²) in [6, 6.07) is 7.36. The second-order valence-corrected chi connectivity index (χ2v) is 4.54.